The molecule has 0 unspecified atom stereocenters. The minimum absolute atomic E-state index is 0.117. The molecule has 7 heteroatoms. The molecule has 4 rings (SSSR count). The van der Waals surface area contributed by atoms with Gasteiger partial charge < -0.3 is 9.72 Å². The number of aryl methyl sites for hydroxylation is 1. The fraction of sp³-hybridized carbons (Fsp3) is 0.280. The van der Waals surface area contributed by atoms with Gasteiger partial charge in [0.25, 0.3) is 5.56 Å². The Balaban J connectivity index is 1.60. The van der Waals surface area contributed by atoms with Gasteiger partial charge in [0.15, 0.2) is 0 Å². The van der Waals surface area contributed by atoms with Crippen molar-refractivity contribution in [1.82, 2.24) is 14.8 Å². The van der Waals surface area contributed by atoms with Gasteiger partial charge in [-0.25, -0.2) is 9.07 Å². The summed E-state index contributed by atoms with van der Waals surface area (Å²) in [4.78, 5) is 21.1. The maximum absolute atomic E-state index is 13.6. The summed E-state index contributed by atoms with van der Waals surface area (Å²) in [5.74, 6) is 0.478. The number of hydrogen-bond acceptors (Lipinski definition) is 3. The molecule has 32 heavy (non-hydrogen) atoms. The third-order valence-electron chi connectivity index (χ3n) is 5.62. The van der Waals surface area contributed by atoms with Crippen molar-refractivity contribution in [1.29, 1.82) is 0 Å². The first-order valence-corrected chi connectivity index (χ1v) is 10.8. The average molecular weight is 435 g/mol. The molecule has 0 spiro atoms. The molecule has 0 saturated carbocycles. The second-order valence-corrected chi connectivity index (χ2v) is 7.77. The van der Waals surface area contributed by atoms with Crippen LogP contribution >= 0.6 is 0 Å². The van der Waals surface area contributed by atoms with Gasteiger partial charge in [-0.3, -0.25) is 14.9 Å². The number of ether oxygens (including phenoxy) is 1. The SMILES string of the molecule is CCCc1[nH]n(-c2ccc(OC)cc2)c(=O)c1C(C)=NCCc1c[nH]c2ccc(F)cc12. The molecule has 0 fully saturated rings. The van der Waals surface area contributed by atoms with Gasteiger partial charge in [-0.2, -0.15) is 0 Å². The Kier molecular flexibility index (Phi) is 6.25. The second-order valence-electron chi connectivity index (χ2n) is 7.77. The van der Waals surface area contributed by atoms with E-state index in [9.17, 15) is 9.18 Å². The number of aromatic amines is 2. The molecule has 4 aromatic rings. The number of benzene rings is 2. The van der Waals surface area contributed by atoms with E-state index in [1.807, 2.05) is 37.4 Å². The highest BCUT2D eigenvalue weighted by atomic mass is 19.1. The number of nitrogens with zero attached hydrogens (tertiary/aromatic N) is 2. The lowest BCUT2D eigenvalue weighted by atomic mass is 10.1. The number of aromatic nitrogens is 3. The lowest BCUT2D eigenvalue weighted by molar-refractivity contribution is 0.414. The van der Waals surface area contributed by atoms with Crippen molar-refractivity contribution < 1.29 is 9.13 Å². The predicted molar refractivity (Wildman–Crippen MR) is 126 cm³/mol. The molecule has 2 N–H and O–H groups in total. The molecule has 2 aromatic carbocycles. The summed E-state index contributed by atoms with van der Waals surface area (Å²) in [7, 11) is 1.61. The molecular weight excluding hydrogens is 407 g/mol. The molecular formula is C25H27FN4O2. The summed E-state index contributed by atoms with van der Waals surface area (Å²) < 4.78 is 20.4. The number of fused-ring (bicyclic) bond motifs is 1. The van der Waals surface area contributed by atoms with Crippen LogP contribution < -0.4 is 10.3 Å². The molecule has 0 atom stereocenters. The first-order chi connectivity index (χ1) is 15.5. The molecule has 0 saturated heterocycles. The molecule has 0 aliphatic heterocycles. The zero-order valence-electron chi connectivity index (χ0n) is 18.5. The summed E-state index contributed by atoms with van der Waals surface area (Å²) in [6, 6.07) is 12.1. The fourth-order valence-corrected chi connectivity index (χ4v) is 3.98. The zero-order valence-corrected chi connectivity index (χ0v) is 18.5. The van der Waals surface area contributed by atoms with E-state index in [0.29, 0.717) is 24.2 Å². The zero-order chi connectivity index (χ0) is 22.7. The van der Waals surface area contributed by atoms with Crippen molar-refractivity contribution in [3.8, 4) is 11.4 Å². The fourth-order valence-electron chi connectivity index (χ4n) is 3.98. The summed E-state index contributed by atoms with van der Waals surface area (Å²) in [6.45, 7) is 4.46. The summed E-state index contributed by atoms with van der Waals surface area (Å²) >= 11 is 0. The first kappa shape index (κ1) is 21.6. The van der Waals surface area contributed by atoms with Gasteiger partial charge in [0.2, 0.25) is 0 Å². The van der Waals surface area contributed by atoms with Crippen LogP contribution in [0.2, 0.25) is 0 Å². The van der Waals surface area contributed by atoms with Crippen molar-refractivity contribution in [2.75, 3.05) is 13.7 Å². The van der Waals surface area contributed by atoms with Crippen LogP contribution in [-0.2, 0) is 12.8 Å². The van der Waals surface area contributed by atoms with Gasteiger partial charge in [0, 0.05) is 35.1 Å². The first-order valence-electron chi connectivity index (χ1n) is 10.8. The highest BCUT2D eigenvalue weighted by Crippen LogP contribution is 2.20. The maximum Gasteiger partial charge on any atom is 0.280 e. The Bertz CT molecular complexity index is 1310. The summed E-state index contributed by atoms with van der Waals surface area (Å²) in [5, 5.41) is 4.12. The largest absolute Gasteiger partial charge is 0.497 e. The van der Waals surface area contributed by atoms with Gasteiger partial charge in [-0.1, -0.05) is 13.3 Å². The Morgan fingerprint density at radius 3 is 2.66 bits per heavy atom. The molecule has 0 radical (unpaired) electrons. The predicted octanol–water partition coefficient (Wildman–Crippen LogP) is 4.80. The van der Waals surface area contributed by atoms with E-state index in [2.05, 4.69) is 17.0 Å². The van der Waals surface area contributed by atoms with E-state index in [0.717, 1.165) is 46.4 Å². The van der Waals surface area contributed by atoms with Crippen molar-refractivity contribution in [3.63, 3.8) is 0 Å². The molecule has 0 aliphatic carbocycles. The lowest BCUT2D eigenvalue weighted by Crippen LogP contribution is -2.20. The molecule has 0 amide bonds. The number of halogens is 1. The van der Waals surface area contributed by atoms with Crippen LogP contribution in [-0.4, -0.2) is 34.1 Å². The van der Waals surface area contributed by atoms with Gasteiger partial charge in [-0.15, -0.1) is 0 Å². The Labute approximate surface area is 185 Å². The van der Waals surface area contributed by atoms with Crippen LogP contribution in [0.4, 0.5) is 4.39 Å². The number of nitrogens with one attached hydrogen (secondary N) is 2. The van der Waals surface area contributed by atoms with Crippen LogP contribution in [0.25, 0.3) is 16.6 Å². The number of aliphatic imine (C=N–C) groups is 1. The van der Waals surface area contributed by atoms with E-state index in [1.165, 1.54) is 12.1 Å². The maximum atomic E-state index is 13.6. The number of hydrogen-bond donors (Lipinski definition) is 2. The highest BCUT2D eigenvalue weighted by molar-refractivity contribution is 5.99. The van der Waals surface area contributed by atoms with Crippen LogP contribution in [0, 0.1) is 5.82 Å². The van der Waals surface area contributed by atoms with Gasteiger partial charge >= 0.3 is 0 Å². The standard InChI is InChI=1S/C25H27FN4O2/c1-4-5-23-24(25(31)30(29-23)19-7-9-20(32-3)10-8-19)16(2)27-13-12-17-15-28-22-11-6-18(26)14-21(17)22/h6-11,14-15,28-29H,4-5,12-13H2,1-3H3. The number of methoxy groups -OCH3 is 1. The van der Waals surface area contributed by atoms with Gasteiger partial charge in [0.05, 0.1) is 18.4 Å². The second kappa shape index (κ2) is 9.26. The molecule has 0 aliphatic rings. The van der Waals surface area contributed by atoms with E-state index in [1.54, 1.807) is 17.9 Å². The minimum Gasteiger partial charge on any atom is -0.497 e. The molecule has 0 bridgehead atoms. The third-order valence-corrected chi connectivity index (χ3v) is 5.62. The number of rotatable bonds is 8. The highest BCUT2D eigenvalue weighted by Gasteiger charge is 2.17. The van der Waals surface area contributed by atoms with Crippen molar-refractivity contribution in [2.45, 2.75) is 33.1 Å². The van der Waals surface area contributed by atoms with E-state index >= 15 is 0 Å². The average Bonchev–Trinajstić information content (AvgIpc) is 3.34. The Morgan fingerprint density at radius 1 is 1.16 bits per heavy atom. The number of H-pyrrole nitrogens is 2. The quantitative estimate of drug-likeness (QED) is 0.391. The molecule has 2 aromatic heterocycles. The van der Waals surface area contributed by atoms with E-state index < -0.39 is 0 Å². The van der Waals surface area contributed by atoms with Gasteiger partial charge in [0.1, 0.15) is 11.6 Å². The lowest BCUT2D eigenvalue weighted by Gasteiger charge is -2.03. The van der Waals surface area contributed by atoms with E-state index in [4.69, 9.17) is 9.73 Å². The van der Waals surface area contributed by atoms with Crippen molar-refractivity contribution in [2.24, 2.45) is 4.99 Å². The molecule has 2 heterocycles. The topological polar surface area (TPSA) is 75.2 Å². The minimum atomic E-state index is -0.256. The van der Waals surface area contributed by atoms with Crippen LogP contribution in [0.1, 0.15) is 37.1 Å². The third kappa shape index (κ3) is 4.23. The van der Waals surface area contributed by atoms with E-state index in [-0.39, 0.29) is 11.4 Å². The molecule has 166 valence electrons. The normalized spacial score (nSPS) is 11.9. The smallest absolute Gasteiger partial charge is 0.280 e. The van der Waals surface area contributed by atoms with Crippen LogP contribution in [0.3, 0.4) is 0 Å². The van der Waals surface area contributed by atoms with Gasteiger partial charge in [-0.05, 0) is 67.8 Å². The Morgan fingerprint density at radius 2 is 1.94 bits per heavy atom. The van der Waals surface area contributed by atoms with Crippen molar-refractivity contribution >= 4 is 16.6 Å². The van der Waals surface area contributed by atoms with Crippen LogP contribution in [0.15, 0.2) is 58.4 Å². The summed E-state index contributed by atoms with van der Waals surface area (Å²) in [6.07, 6.45) is 4.21. The monoisotopic (exact) mass is 434 g/mol. The van der Waals surface area contributed by atoms with Crippen LogP contribution in [0.5, 0.6) is 5.75 Å². The Hall–Kier alpha value is -3.61. The molecule has 6 nitrogen and oxygen atoms in total. The van der Waals surface area contributed by atoms with Crippen molar-refractivity contribution in [3.05, 3.63) is 81.7 Å². The summed E-state index contributed by atoms with van der Waals surface area (Å²) in [5.41, 5.74) is 4.74.